The third-order valence-electron chi connectivity index (χ3n) is 6.11. The lowest BCUT2D eigenvalue weighted by atomic mass is 10.0. The summed E-state index contributed by atoms with van der Waals surface area (Å²) < 4.78 is 0. The fraction of sp³-hybridized carbons (Fsp3) is 0.161. The van der Waals surface area contributed by atoms with Crippen LogP contribution in [0, 0.1) is 0 Å². The number of aryl methyl sites for hydroxylation is 1. The Morgan fingerprint density at radius 1 is 0.676 bits per heavy atom. The predicted octanol–water partition coefficient (Wildman–Crippen LogP) is 7.01. The van der Waals surface area contributed by atoms with E-state index >= 15 is 0 Å². The predicted molar refractivity (Wildman–Crippen MR) is 149 cm³/mol. The Bertz CT molecular complexity index is 1290. The zero-order valence-electron chi connectivity index (χ0n) is 20.3. The minimum absolute atomic E-state index is 0.103. The molecule has 188 valence electrons. The van der Waals surface area contributed by atoms with Gasteiger partial charge in [0.2, 0.25) is 11.8 Å². The fourth-order valence-electron chi connectivity index (χ4n) is 4.15. The number of nitrogens with one attached hydrogen (secondary N) is 1. The number of nitrogens with zero attached hydrogens (tertiary/aromatic N) is 1. The second-order valence-electron chi connectivity index (χ2n) is 8.79. The Kier molecular flexibility index (Phi) is 9.36. The molecule has 4 rings (SSSR count). The minimum atomic E-state index is -0.799. The van der Waals surface area contributed by atoms with Crippen molar-refractivity contribution in [3.63, 3.8) is 0 Å². The van der Waals surface area contributed by atoms with E-state index in [2.05, 4.69) is 5.32 Å². The maximum Gasteiger partial charge on any atom is 0.247 e. The van der Waals surface area contributed by atoms with Crippen molar-refractivity contribution in [1.29, 1.82) is 0 Å². The van der Waals surface area contributed by atoms with Crippen LogP contribution in [0.5, 0.6) is 0 Å². The van der Waals surface area contributed by atoms with Gasteiger partial charge in [-0.3, -0.25) is 9.59 Å². The largest absolute Gasteiger partial charge is 0.350 e. The Morgan fingerprint density at radius 2 is 1.22 bits per heavy atom. The summed E-state index contributed by atoms with van der Waals surface area (Å²) >= 11 is 12.1. The van der Waals surface area contributed by atoms with Crippen molar-refractivity contribution in [3.8, 4) is 0 Å². The van der Waals surface area contributed by atoms with E-state index in [1.807, 2.05) is 84.9 Å². The van der Waals surface area contributed by atoms with Crippen molar-refractivity contribution in [3.05, 3.63) is 141 Å². The number of hydrogen-bond acceptors (Lipinski definition) is 2. The van der Waals surface area contributed by atoms with Gasteiger partial charge in [0, 0.05) is 29.6 Å². The number of amides is 2. The lowest BCUT2D eigenvalue weighted by Crippen LogP contribution is -2.43. The molecule has 0 heterocycles. The molecule has 6 heteroatoms. The highest BCUT2D eigenvalue weighted by Gasteiger charge is 2.31. The van der Waals surface area contributed by atoms with Crippen LogP contribution >= 0.6 is 23.2 Å². The Morgan fingerprint density at radius 3 is 1.81 bits per heavy atom. The normalized spacial score (nSPS) is 11.5. The molecule has 4 nitrogen and oxygen atoms in total. The third-order valence-corrected chi connectivity index (χ3v) is 6.62. The molecule has 4 aromatic rings. The van der Waals surface area contributed by atoms with Crippen molar-refractivity contribution in [2.24, 2.45) is 0 Å². The molecule has 0 spiro atoms. The molecule has 4 aromatic carbocycles. The highest BCUT2D eigenvalue weighted by Crippen LogP contribution is 2.26. The van der Waals surface area contributed by atoms with Crippen LogP contribution < -0.4 is 5.32 Å². The maximum absolute atomic E-state index is 13.7. The topological polar surface area (TPSA) is 49.4 Å². The van der Waals surface area contributed by atoms with Gasteiger partial charge in [-0.2, -0.15) is 0 Å². The summed E-state index contributed by atoms with van der Waals surface area (Å²) in [6, 6.07) is 33.2. The summed E-state index contributed by atoms with van der Waals surface area (Å²) in [5.74, 6) is -0.350. The number of carbonyl (C=O) groups is 2. The average Bonchev–Trinajstić information content (AvgIpc) is 2.93. The lowest BCUT2D eigenvalue weighted by Gasteiger charge is -2.32. The molecule has 0 fully saturated rings. The van der Waals surface area contributed by atoms with Gasteiger partial charge in [-0.05, 0) is 52.9 Å². The van der Waals surface area contributed by atoms with Gasteiger partial charge in [0.15, 0.2) is 0 Å². The van der Waals surface area contributed by atoms with Gasteiger partial charge in [-0.25, -0.2) is 0 Å². The molecule has 0 saturated heterocycles. The molecular weight excluding hydrogens is 503 g/mol. The number of rotatable bonds is 10. The zero-order valence-corrected chi connectivity index (χ0v) is 21.8. The highest BCUT2D eigenvalue weighted by molar-refractivity contribution is 6.30. The van der Waals surface area contributed by atoms with Crippen LogP contribution in [0.25, 0.3) is 0 Å². The molecule has 1 N–H and O–H groups in total. The molecular formula is C31H28Cl2N2O2. The highest BCUT2D eigenvalue weighted by atomic mass is 35.5. The first-order valence-corrected chi connectivity index (χ1v) is 12.9. The number of benzene rings is 4. The Labute approximate surface area is 227 Å². The summed E-state index contributed by atoms with van der Waals surface area (Å²) in [7, 11) is 0. The standard InChI is InChI=1S/C31H28Cl2N2O2/c32-27-16-11-24(12-17-27)21-34-31(37)30(26-9-5-2-6-10-26)35(22-25-13-18-28(33)19-14-25)29(36)20-15-23-7-3-1-4-8-23/h1-14,16-19,30H,15,20-22H2,(H,34,37)/t30-/m0/s1. The van der Waals surface area contributed by atoms with Gasteiger partial charge >= 0.3 is 0 Å². The van der Waals surface area contributed by atoms with Crippen LogP contribution in [-0.2, 0) is 29.1 Å². The van der Waals surface area contributed by atoms with Gasteiger partial charge in [0.05, 0.1) is 0 Å². The van der Waals surface area contributed by atoms with Crippen LogP contribution in [0.4, 0.5) is 0 Å². The van der Waals surface area contributed by atoms with Gasteiger partial charge in [-0.15, -0.1) is 0 Å². The van der Waals surface area contributed by atoms with Crippen LogP contribution in [0.2, 0.25) is 10.0 Å². The van der Waals surface area contributed by atoms with Crippen LogP contribution in [0.3, 0.4) is 0 Å². The molecule has 0 aliphatic rings. The van der Waals surface area contributed by atoms with E-state index in [0.29, 0.717) is 23.0 Å². The summed E-state index contributed by atoms with van der Waals surface area (Å²) in [5, 5.41) is 4.28. The van der Waals surface area contributed by atoms with Crippen molar-refractivity contribution in [2.45, 2.75) is 32.0 Å². The Balaban J connectivity index is 1.62. The summed E-state index contributed by atoms with van der Waals surface area (Å²) in [6.45, 7) is 0.602. The molecule has 37 heavy (non-hydrogen) atoms. The quantitative estimate of drug-likeness (QED) is 0.239. The van der Waals surface area contributed by atoms with E-state index in [9.17, 15) is 9.59 Å². The second-order valence-corrected chi connectivity index (χ2v) is 9.66. The molecule has 0 aliphatic heterocycles. The minimum Gasteiger partial charge on any atom is -0.350 e. The maximum atomic E-state index is 13.7. The first-order valence-electron chi connectivity index (χ1n) is 12.1. The fourth-order valence-corrected chi connectivity index (χ4v) is 4.40. The molecule has 0 aromatic heterocycles. The van der Waals surface area contributed by atoms with Crippen molar-refractivity contribution < 1.29 is 9.59 Å². The van der Waals surface area contributed by atoms with Crippen LogP contribution in [0.1, 0.15) is 34.7 Å². The number of hydrogen-bond donors (Lipinski definition) is 1. The van der Waals surface area contributed by atoms with Crippen molar-refractivity contribution >= 4 is 35.0 Å². The van der Waals surface area contributed by atoms with E-state index in [1.165, 1.54) is 0 Å². The van der Waals surface area contributed by atoms with Crippen LogP contribution in [-0.4, -0.2) is 16.7 Å². The van der Waals surface area contributed by atoms with E-state index in [-0.39, 0.29) is 24.8 Å². The average molecular weight is 531 g/mol. The van der Waals surface area contributed by atoms with Crippen molar-refractivity contribution in [1.82, 2.24) is 10.2 Å². The summed E-state index contributed by atoms with van der Waals surface area (Å²) in [6.07, 6.45) is 0.871. The second kappa shape index (κ2) is 13.1. The van der Waals surface area contributed by atoms with E-state index in [0.717, 1.165) is 22.3 Å². The summed E-state index contributed by atoms with van der Waals surface area (Å²) in [5.41, 5.74) is 3.64. The number of carbonyl (C=O) groups excluding carboxylic acids is 2. The lowest BCUT2D eigenvalue weighted by molar-refractivity contribution is -0.141. The molecule has 0 saturated carbocycles. The smallest absolute Gasteiger partial charge is 0.247 e. The Hall–Kier alpha value is -3.60. The molecule has 1 atom stereocenters. The van der Waals surface area contributed by atoms with Crippen molar-refractivity contribution in [2.75, 3.05) is 0 Å². The SMILES string of the molecule is O=C(NCc1ccc(Cl)cc1)[C@H](c1ccccc1)N(Cc1ccc(Cl)cc1)C(=O)CCc1ccccc1. The van der Waals surface area contributed by atoms with E-state index in [4.69, 9.17) is 23.2 Å². The van der Waals surface area contributed by atoms with E-state index in [1.54, 1.807) is 29.2 Å². The molecule has 0 bridgehead atoms. The van der Waals surface area contributed by atoms with E-state index < -0.39 is 6.04 Å². The van der Waals surface area contributed by atoms with Gasteiger partial charge in [0.25, 0.3) is 0 Å². The molecule has 0 radical (unpaired) electrons. The van der Waals surface area contributed by atoms with Crippen LogP contribution in [0.15, 0.2) is 109 Å². The zero-order chi connectivity index (χ0) is 26.0. The van der Waals surface area contributed by atoms with Gasteiger partial charge < -0.3 is 10.2 Å². The molecule has 0 unspecified atom stereocenters. The molecule has 2 amide bonds. The van der Waals surface area contributed by atoms with Gasteiger partial charge in [-0.1, -0.05) is 108 Å². The third kappa shape index (κ3) is 7.69. The monoisotopic (exact) mass is 530 g/mol. The van der Waals surface area contributed by atoms with Gasteiger partial charge in [0.1, 0.15) is 6.04 Å². The first-order chi connectivity index (χ1) is 18.0. The summed E-state index contributed by atoms with van der Waals surface area (Å²) in [4.78, 5) is 29.1. The molecule has 0 aliphatic carbocycles. The first kappa shape index (κ1) is 26.5. The number of halogens is 2.